The fourth-order valence-electron chi connectivity index (χ4n) is 3.50. The van der Waals surface area contributed by atoms with Crippen molar-refractivity contribution in [1.82, 2.24) is 9.47 Å². The number of hydrogen-bond donors (Lipinski definition) is 0. The van der Waals surface area contributed by atoms with Crippen LogP contribution in [0.3, 0.4) is 0 Å². The van der Waals surface area contributed by atoms with Crippen molar-refractivity contribution in [2.24, 2.45) is 0 Å². The Balaban J connectivity index is 1.91. The van der Waals surface area contributed by atoms with E-state index in [1.54, 1.807) is 0 Å². The van der Waals surface area contributed by atoms with Gasteiger partial charge in [0.1, 0.15) is 6.54 Å². The first-order valence-electron chi connectivity index (χ1n) is 8.52. The molecule has 2 aromatic rings. The molecule has 0 saturated carbocycles. The summed E-state index contributed by atoms with van der Waals surface area (Å²) in [7, 11) is 0. The van der Waals surface area contributed by atoms with E-state index in [2.05, 4.69) is 6.92 Å². The van der Waals surface area contributed by atoms with Gasteiger partial charge in [-0.3, -0.25) is 9.59 Å². The molecule has 1 aliphatic heterocycles. The molecule has 122 valence electrons. The quantitative estimate of drug-likeness (QED) is 0.809. The van der Waals surface area contributed by atoms with Crippen LogP contribution in [-0.2, 0) is 11.3 Å². The van der Waals surface area contributed by atoms with Crippen molar-refractivity contribution in [3.05, 3.63) is 36.0 Å². The van der Waals surface area contributed by atoms with Gasteiger partial charge in [0, 0.05) is 41.7 Å². The molecule has 0 bridgehead atoms. The van der Waals surface area contributed by atoms with Gasteiger partial charge in [-0.1, -0.05) is 25.1 Å². The smallest absolute Gasteiger partial charge is 0.242 e. The minimum absolute atomic E-state index is 0.124. The van der Waals surface area contributed by atoms with Gasteiger partial charge in [0.2, 0.25) is 5.91 Å². The van der Waals surface area contributed by atoms with Gasteiger partial charge >= 0.3 is 0 Å². The maximum absolute atomic E-state index is 12.7. The third-order valence-electron chi connectivity index (χ3n) is 4.84. The van der Waals surface area contributed by atoms with Crippen LogP contribution in [0.1, 0.15) is 49.9 Å². The largest absolute Gasteiger partial charge is 0.338 e. The molecule has 0 spiro atoms. The lowest BCUT2D eigenvalue weighted by atomic mass is 10.0. The minimum Gasteiger partial charge on any atom is -0.338 e. The number of hydrogen-bond acceptors (Lipinski definition) is 2. The highest BCUT2D eigenvalue weighted by Crippen LogP contribution is 2.24. The number of likely N-dealkylation sites (tertiary alicyclic amines) is 1. The topological polar surface area (TPSA) is 42.3 Å². The van der Waals surface area contributed by atoms with E-state index in [-0.39, 0.29) is 11.7 Å². The highest BCUT2D eigenvalue weighted by atomic mass is 16.2. The van der Waals surface area contributed by atoms with Gasteiger partial charge < -0.3 is 9.47 Å². The van der Waals surface area contributed by atoms with Crippen molar-refractivity contribution in [3.63, 3.8) is 0 Å². The van der Waals surface area contributed by atoms with Gasteiger partial charge in [0.25, 0.3) is 0 Å². The van der Waals surface area contributed by atoms with E-state index in [0.717, 1.165) is 35.9 Å². The van der Waals surface area contributed by atoms with Crippen molar-refractivity contribution in [2.75, 3.05) is 6.54 Å². The van der Waals surface area contributed by atoms with Gasteiger partial charge in [-0.25, -0.2) is 0 Å². The van der Waals surface area contributed by atoms with Gasteiger partial charge in [-0.05, 0) is 32.3 Å². The summed E-state index contributed by atoms with van der Waals surface area (Å²) in [6, 6.07) is 8.15. The third-order valence-corrected chi connectivity index (χ3v) is 4.84. The molecule has 2 heterocycles. The van der Waals surface area contributed by atoms with Gasteiger partial charge in [0.05, 0.1) is 0 Å². The average Bonchev–Trinajstić information content (AvgIpc) is 2.93. The molecule has 1 aromatic heterocycles. The van der Waals surface area contributed by atoms with Gasteiger partial charge in [0.15, 0.2) is 5.78 Å². The van der Waals surface area contributed by atoms with Crippen molar-refractivity contribution < 1.29 is 9.59 Å². The standard InChI is InChI=1S/C19H24N2O2/c1-3-18(22)16-12-20(17-10-5-4-9-15(16)17)13-19(23)21-11-7-6-8-14(21)2/h4-5,9-10,12,14H,3,6-8,11,13H2,1-2H3/t14-/m1/s1. The number of para-hydroxylation sites is 1. The summed E-state index contributed by atoms with van der Waals surface area (Å²) < 4.78 is 1.93. The number of amides is 1. The predicted molar refractivity (Wildman–Crippen MR) is 91.6 cm³/mol. The van der Waals surface area contributed by atoms with E-state index in [1.165, 1.54) is 6.42 Å². The fraction of sp³-hybridized carbons (Fsp3) is 0.474. The second-order valence-corrected chi connectivity index (χ2v) is 6.40. The molecule has 1 saturated heterocycles. The molecule has 0 unspecified atom stereocenters. The van der Waals surface area contributed by atoms with Crippen LogP contribution in [0.2, 0.25) is 0 Å². The Kier molecular flexibility index (Phi) is 4.51. The van der Waals surface area contributed by atoms with Gasteiger partial charge in [-0.15, -0.1) is 0 Å². The summed E-state index contributed by atoms with van der Waals surface area (Å²) in [6.45, 7) is 5.15. The van der Waals surface area contributed by atoms with E-state index in [4.69, 9.17) is 0 Å². The van der Waals surface area contributed by atoms with Crippen LogP contribution in [0, 0.1) is 0 Å². The summed E-state index contributed by atoms with van der Waals surface area (Å²) in [5.41, 5.74) is 1.69. The molecule has 1 aliphatic rings. The zero-order valence-electron chi connectivity index (χ0n) is 13.9. The highest BCUT2D eigenvalue weighted by molar-refractivity contribution is 6.08. The molecule has 23 heavy (non-hydrogen) atoms. The molecule has 1 fully saturated rings. The lowest BCUT2D eigenvalue weighted by Gasteiger charge is -2.33. The van der Waals surface area contributed by atoms with Crippen LogP contribution in [-0.4, -0.2) is 33.7 Å². The molecule has 0 aliphatic carbocycles. The summed E-state index contributed by atoms with van der Waals surface area (Å²) in [6.07, 6.45) is 5.69. The van der Waals surface area contributed by atoms with Crippen molar-refractivity contribution in [1.29, 1.82) is 0 Å². The second-order valence-electron chi connectivity index (χ2n) is 6.40. The van der Waals surface area contributed by atoms with Crippen LogP contribution in [0.15, 0.2) is 30.5 Å². The molecular weight excluding hydrogens is 288 g/mol. The average molecular weight is 312 g/mol. The van der Waals surface area contributed by atoms with Crippen LogP contribution in [0.5, 0.6) is 0 Å². The van der Waals surface area contributed by atoms with Gasteiger partial charge in [-0.2, -0.15) is 0 Å². The molecule has 1 amide bonds. The highest BCUT2D eigenvalue weighted by Gasteiger charge is 2.24. The lowest BCUT2D eigenvalue weighted by molar-refractivity contribution is -0.135. The number of rotatable bonds is 4. The molecule has 1 aromatic carbocycles. The van der Waals surface area contributed by atoms with Crippen molar-refractivity contribution in [3.8, 4) is 0 Å². The van der Waals surface area contributed by atoms with Crippen LogP contribution in [0.25, 0.3) is 10.9 Å². The Hall–Kier alpha value is -2.10. The number of carbonyl (C=O) groups is 2. The van der Waals surface area contributed by atoms with E-state index < -0.39 is 0 Å². The zero-order valence-corrected chi connectivity index (χ0v) is 13.9. The summed E-state index contributed by atoms with van der Waals surface area (Å²) in [5, 5.41) is 0.943. The molecule has 4 heteroatoms. The predicted octanol–water partition coefficient (Wildman–Crippen LogP) is 3.64. The second kappa shape index (κ2) is 6.57. The number of carbonyl (C=O) groups excluding carboxylic acids is 2. The van der Waals surface area contributed by atoms with E-state index in [0.29, 0.717) is 19.0 Å². The van der Waals surface area contributed by atoms with Crippen LogP contribution in [0.4, 0.5) is 0 Å². The first kappa shape index (κ1) is 15.8. The Morgan fingerprint density at radius 3 is 2.74 bits per heavy atom. The molecule has 0 radical (unpaired) electrons. The number of benzene rings is 1. The zero-order chi connectivity index (χ0) is 16.4. The lowest BCUT2D eigenvalue weighted by Crippen LogP contribution is -2.43. The van der Waals surface area contributed by atoms with E-state index in [1.807, 2.05) is 46.9 Å². The normalized spacial score (nSPS) is 18.3. The van der Waals surface area contributed by atoms with Crippen LogP contribution < -0.4 is 0 Å². The first-order valence-corrected chi connectivity index (χ1v) is 8.52. The monoisotopic (exact) mass is 312 g/mol. The molecular formula is C19H24N2O2. The SMILES string of the molecule is CCC(=O)c1cn(CC(=O)N2CCCC[C@H]2C)c2ccccc12. The number of nitrogens with zero attached hydrogens (tertiary/aromatic N) is 2. The molecule has 3 rings (SSSR count). The fourth-order valence-corrected chi connectivity index (χ4v) is 3.50. The maximum Gasteiger partial charge on any atom is 0.242 e. The summed E-state index contributed by atoms with van der Waals surface area (Å²) in [4.78, 5) is 26.8. The summed E-state index contributed by atoms with van der Waals surface area (Å²) >= 11 is 0. The van der Waals surface area contributed by atoms with Crippen molar-refractivity contribution >= 4 is 22.6 Å². The Morgan fingerprint density at radius 1 is 1.22 bits per heavy atom. The summed E-state index contributed by atoms with van der Waals surface area (Å²) in [5.74, 6) is 0.271. The molecule has 0 N–H and O–H groups in total. The Labute approximate surface area is 137 Å². The third kappa shape index (κ3) is 3.03. The molecule has 1 atom stereocenters. The van der Waals surface area contributed by atoms with Crippen molar-refractivity contribution in [2.45, 2.75) is 52.1 Å². The number of ketones is 1. The number of Topliss-reactive ketones (excluding diaryl/α,β-unsaturated/α-hetero) is 1. The minimum atomic E-state index is 0.124. The first-order chi connectivity index (χ1) is 11.1. The number of fused-ring (bicyclic) bond motifs is 1. The Bertz CT molecular complexity index is 732. The number of aromatic nitrogens is 1. The Morgan fingerprint density at radius 2 is 2.00 bits per heavy atom. The van der Waals surface area contributed by atoms with E-state index in [9.17, 15) is 9.59 Å². The van der Waals surface area contributed by atoms with E-state index >= 15 is 0 Å². The number of piperidine rings is 1. The maximum atomic E-state index is 12.7. The van der Waals surface area contributed by atoms with Crippen LogP contribution >= 0.6 is 0 Å². The molecule has 4 nitrogen and oxygen atoms in total.